The summed E-state index contributed by atoms with van der Waals surface area (Å²) in [5, 5.41) is 12.5. The van der Waals surface area contributed by atoms with Crippen molar-refractivity contribution in [1.82, 2.24) is 4.90 Å². The number of nitrogens with one attached hydrogen (secondary N) is 1. The van der Waals surface area contributed by atoms with Crippen molar-refractivity contribution >= 4 is 5.69 Å². The number of rotatable bonds is 4. The first-order chi connectivity index (χ1) is 8.78. The van der Waals surface area contributed by atoms with E-state index in [9.17, 15) is 0 Å². The Hall–Kier alpha value is -1.06. The van der Waals surface area contributed by atoms with E-state index in [0.717, 1.165) is 6.42 Å². The molecule has 0 bridgehead atoms. The second-order valence-electron chi connectivity index (χ2n) is 5.25. The molecular weight excluding hydrogens is 224 g/mol. The molecule has 1 aromatic rings. The van der Waals surface area contributed by atoms with Crippen molar-refractivity contribution in [2.75, 3.05) is 32.1 Å². The lowest BCUT2D eigenvalue weighted by Crippen LogP contribution is -2.22. The van der Waals surface area contributed by atoms with Crippen LogP contribution in [-0.2, 0) is 6.42 Å². The average molecular weight is 248 g/mol. The predicted molar refractivity (Wildman–Crippen MR) is 76.0 cm³/mol. The molecule has 3 heteroatoms. The van der Waals surface area contributed by atoms with Crippen LogP contribution in [0.15, 0.2) is 24.3 Å². The number of benzene rings is 1. The number of aliphatic hydroxyl groups excluding tert-OH is 1. The highest BCUT2D eigenvalue weighted by molar-refractivity contribution is 5.45. The molecule has 1 atom stereocenters. The Kier molecular flexibility index (Phi) is 5.02. The van der Waals surface area contributed by atoms with Gasteiger partial charge in [-0.2, -0.15) is 0 Å². The van der Waals surface area contributed by atoms with E-state index >= 15 is 0 Å². The van der Waals surface area contributed by atoms with E-state index in [4.69, 9.17) is 5.11 Å². The zero-order chi connectivity index (χ0) is 12.8. The second-order valence-corrected chi connectivity index (χ2v) is 5.25. The van der Waals surface area contributed by atoms with E-state index in [1.807, 2.05) is 0 Å². The first kappa shape index (κ1) is 13.4. The molecule has 1 saturated heterocycles. The van der Waals surface area contributed by atoms with Gasteiger partial charge in [-0.3, -0.25) is 0 Å². The highest BCUT2D eigenvalue weighted by Crippen LogP contribution is 2.17. The zero-order valence-corrected chi connectivity index (χ0v) is 11.2. The molecule has 1 fully saturated rings. The minimum atomic E-state index is 0.224. The molecule has 0 aliphatic carbocycles. The van der Waals surface area contributed by atoms with E-state index in [1.54, 1.807) is 0 Å². The van der Waals surface area contributed by atoms with Crippen LogP contribution in [0.25, 0.3) is 0 Å². The summed E-state index contributed by atoms with van der Waals surface area (Å²) in [4.78, 5) is 2.41. The first-order valence-corrected chi connectivity index (χ1v) is 6.93. The van der Waals surface area contributed by atoms with Gasteiger partial charge in [0.05, 0.1) is 0 Å². The van der Waals surface area contributed by atoms with Gasteiger partial charge in [-0.05, 0) is 63.5 Å². The van der Waals surface area contributed by atoms with Gasteiger partial charge in [0, 0.05) is 18.3 Å². The van der Waals surface area contributed by atoms with Crippen LogP contribution >= 0.6 is 0 Å². The van der Waals surface area contributed by atoms with Gasteiger partial charge in [0.1, 0.15) is 0 Å². The van der Waals surface area contributed by atoms with Gasteiger partial charge in [-0.15, -0.1) is 0 Å². The lowest BCUT2D eigenvalue weighted by Gasteiger charge is -2.18. The fourth-order valence-electron chi connectivity index (χ4n) is 2.52. The molecule has 2 rings (SSSR count). The lowest BCUT2D eigenvalue weighted by atomic mass is 10.1. The summed E-state index contributed by atoms with van der Waals surface area (Å²) in [5.74, 6) is 0. The fraction of sp³-hybridized carbons (Fsp3) is 0.600. The number of likely N-dealkylation sites (tertiary alicyclic amines) is 1. The Bertz CT molecular complexity index is 350. The molecule has 1 heterocycles. The Morgan fingerprint density at radius 3 is 2.72 bits per heavy atom. The van der Waals surface area contributed by atoms with Crippen LogP contribution in [0.4, 0.5) is 5.69 Å². The zero-order valence-electron chi connectivity index (χ0n) is 11.2. The Morgan fingerprint density at radius 2 is 2.00 bits per heavy atom. The van der Waals surface area contributed by atoms with Gasteiger partial charge in [0.2, 0.25) is 0 Å². The minimum Gasteiger partial charge on any atom is -0.396 e. The van der Waals surface area contributed by atoms with Crippen LogP contribution < -0.4 is 5.32 Å². The summed E-state index contributed by atoms with van der Waals surface area (Å²) in [6, 6.07) is 9.04. The molecule has 0 aromatic heterocycles. The van der Waals surface area contributed by atoms with Gasteiger partial charge in [0.25, 0.3) is 0 Å². The van der Waals surface area contributed by atoms with Gasteiger partial charge in [0.15, 0.2) is 0 Å². The van der Waals surface area contributed by atoms with Gasteiger partial charge < -0.3 is 15.3 Å². The fourth-order valence-corrected chi connectivity index (χ4v) is 2.52. The molecule has 0 spiro atoms. The van der Waals surface area contributed by atoms with Crippen molar-refractivity contribution < 1.29 is 5.11 Å². The smallest absolute Gasteiger partial charge is 0.0471 e. The van der Waals surface area contributed by atoms with Crippen LogP contribution in [0.2, 0.25) is 0 Å². The maximum Gasteiger partial charge on any atom is 0.0471 e. The van der Waals surface area contributed by atoms with Gasteiger partial charge in [-0.1, -0.05) is 12.1 Å². The summed E-state index contributed by atoms with van der Waals surface area (Å²) in [7, 11) is 2.20. The van der Waals surface area contributed by atoms with Crippen molar-refractivity contribution in [3.8, 4) is 0 Å². The predicted octanol–water partition coefficient (Wildman–Crippen LogP) is 2.12. The molecule has 0 amide bonds. The molecule has 100 valence electrons. The summed E-state index contributed by atoms with van der Waals surface area (Å²) in [6.07, 6.45) is 4.49. The third kappa shape index (κ3) is 4.00. The molecule has 1 aliphatic heterocycles. The molecule has 0 radical (unpaired) electrons. The highest BCUT2D eigenvalue weighted by Gasteiger charge is 2.14. The van der Waals surface area contributed by atoms with E-state index in [1.165, 1.54) is 43.6 Å². The monoisotopic (exact) mass is 248 g/mol. The topological polar surface area (TPSA) is 35.5 Å². The molecule has 1 aliphatic rings. The molecule has 2 N–H and O–H groups in total. The van der Waals surface area contributed by atoms with Crippen LogP contribution in [0.1, 0.15) is 24.8 Å². The number of hydrogen-bond acceptors (Lipinski definition) is 3. The summed E-state index contributed by atoms with van der Waals surface area (Å²) in [5.41, 5.74) is 2.40. The summed E-state index contributed by atoms with van der Waals surface area (Å²) >= 11 is 0. The third-order valence-corrected chi connectivity index (χ3v) is 3.68. The molecule has 3 nitrogen and oxygen atoms in total. The van der Waals surface area contributed by atoms with Crippen molar-refractivity contribution in [3.05, 3.63) is 29.8 Å². The SMILES string of the molecule is CN1CCCC(Nc2ccc(CCO)cc2)CC1. The largest absolute Gasteiger partial charge is 0.396 e. The molecule has 0 saturated carbocycles. The molecule has 18 heavy (non-hydrogen) atoms. The lowest BCUT2D eigenvalue weighted by molar-refractivity contribution is 0.299. The average Bonchev–Trinajstić information content (AvgIpc) is 2.57. The van der Waals surface area contributed by atoms with Gasteiger partial charge >= 0.3 is 0 Å². The number of aliphatic hydroxyl groups is 1. The van der Waals surface area contributed by atoms with E-state index in [0.29, 0.717) is 6.04 Å². The molecule has 1 unspecified atom stereocenters. The van der Waals surface area contributed by atoms with Crippen LogP contribution in [0, 0.1) is 0 Å². The van der Waals surface area contributed by atoms with Crippen LogP contribution in [0.5, 0.6) is 0 Å². The Labute approximate surface area is 110 Å². The van der Waals surface area contributed by atoms with Gasteiger partial charge in [-0.25, -0.2) is 0 Å². The van der Waals surface area contributed by atoms with Crippen LogP contribution in [0.3, 0.4) is 0 Å². The van der Waals surface area contributed by atoms with Crippen molar-refractivity contribution in [1.29, 1.82) is 0 Å². The van der Waals surface area contributed by atoms with Crippen molar-refractivity contribution in [3.63, 3.8) is 0 Å². The number of hydrogen-bond donors (Lipinski definition) is 2. The Morgan fingerprint density at radius 1 is 1.22 bits per heavy atom. The first-order valence-electron chi connectivity index (χ1n) is 6.93. The highest BCUT2D eigenvalue weighted by atomic mass is 16.2. The van der Waals surface area contributed by atoms with E-state index < -0.39 is 0 Å². The normalized spacial score (nSPS) is 21.6. The standard InChI is InChI=1S/C15H24N2O/c1-17-10-2-3-14(8-11-17)16-15-6-4-13(5-7-15)9-12-18/h4-7,14,16,18H,2-3,8-12H2,1H3. The number of nitrogens with zero attached hydrogens (tertiary/aromatic N) is 1. The van der Waals surface area contributed by atoms with E-state index in [-0.39, 0.29) is 6.61 Å². The quantitative estimate of drug-likeness (QED) is 0.856. The summed E-state index contributed by atoms with van der Waals surface area (Å²) < 4.78 is 0. The maximum atomic E-state index is 8.89. The van der Waals surface area contributed by atoms with Crippen molar-refractivity contribution in [2.45, 2.75) is 31.7 Å². The molecule has 1 aromatic carbocycles. The van der Waals surface area contributed by atoms with E-state index in [2.05, 4.69) is 41.5 Å². The third-order valence-electron chi connectivity index (χ3n) is 3.68. The minimum absolute atomic E-state index is 0.224. The summed E-state index contributed by atoms with van der Waals surface area (Å²) in [6.45, 7) is 2.62. The Balaban J connectivity index is 1.88. The number of anilines is 1. The molecular formula is C15H24N2O. The maximum absolute atomic E-state index is 8.89. The second kappa shape index (κ2) is 6.76. The van der Waals surface area contributed by atoms with Crippen molar-refractivity contribution in [2.24, 2.45) is 0 Å². The van der Waals surface area contributed by atoms with Crippen LogP contribution in [-0.4, -0.2) is 42.8 Å².